The lowest BCUT2D eigenvalue weighted by Crippen LogP contribution is -2.07. The van der Waals surface area contributed by atoms with Crippen LogP contribution in [0.3, 0.4) is 0 Å². The van der Waals surface area contributed by atoms with E-state index < -0.39 is 0 Å². The number of hydrogen-bond acceptors (Lipinski definition) is 3. The van der Waals surface area contributed by atoms with Crippen molar-refractivity contribution < 1.29 is 4.92 Å². The Bertz CT molecular complexity index is 344. The van der Waals surface area contributed by atoms with E-state index in [0.29, 0.717) is 0 Å². The van der Waals surface area contributed by atoms with Gasteiger partial charge in [-0.1, -0.05) is 32.9 Å². The molecule has 0 bridgehead atoms. The molecule has 0 amide bonds. The van der Waals surface area contributed by atoms with Crippen molar-refractivity contribution in [3.63, 3.8) is 0 Å². The van der Waals surface area contributed by atoms with Gasteiger partial charge in [0.05, 0.1) is 9.82 Å². The topological polar surface area (TPSA) is 43.1 Å². The smallest absolute Gasteiger partial charge is 0.258 e. The highest BCUT2D eigenvalue weighted by molar-refractivity contribution is 8.00. The number of rotatable bonds is 2. The molecule has 1 aromatic carbocycles. The number of nitrogens with zero attached hydrogens (tertiary/aromatic N) is 1. The molecule has 0 N–H and O–H groups in total. The van der Waals surface area contributed by atoms with Gasteiger partial charge in [0.1, 0.15) is 0 Å². The average Bonchev–Trinajstić information content (AvgIpc) is 2.01. The zero-order chi connectivity index (χ0) is 10.8. The molecule has 0 atom stereocenters. The van der Waals surface area contributed by atoms with Crippen molar-refractivity contribution in [3.05, 3.63) is 34.4 Å². The highest BCUT2D eigenvalue weighted by atomic mass is 32.2. The van der Waals surface area contributed by atoms with Crippen molar-refractivity contribution in [2.24, 2.45) is 0 Å². The second-order valence-corrected chi connectivity index (χ2v) is 5.81. The maximum atomic E-state index is 10.7. The van der Waals surface area contributed by atoms with Crippen molar-refractivity contribution in [2.75, 3.05) is 0 Å². The summed E-state index contributed by atoms with van der Waals surface area (Å²) in [5.41, 5.74) is 0.187. The van der Waals surface area contributed by atoms with Gasteiger partial charge in [-0.3, -0.25) is 10.1 Å². The van der Waals surface area contributed by atoms with Crippen molar-refractivity contribution in [1.82, 2.24) is 0 Å². The van der Waals surface area contributed by atoms with Gasteiger partial charge in [0.15, 0.2) is 0 Å². The Morgan fingerprint density at radius 1 is 1.29 bits per heavy atom. The highest BCUT2D eigenvalue weighted by Gasteiger charge is 2.19. The van der Waals surface area contributed by atoms with Gasteiger partial charge in [0.2, 0.25) is 0 Å². The number of nitro groups is 1. The molecule has 0 aromatic heterocycles. The minimum atomic E-state index is -0.339. The van der Waals surface area contributed by atoms with Crippen LogP contribution in [-0.4, -0.2) is 9.67 Å². The summed E-state index contributed by atoms with van der Waals surface area (Å²) in [6.07, 6.45) is 0. The summed E-state index contributed by atoms with van der Waals surface area (Å²) >= 11 is 1.51. The maximum Gasteiger partial charge on any atom is 0.282 e. The van der Waals surface area contributed by atoms with Crippen LogP contribution >= 0.6 is 11.8 Å². The van der Waals surface area contributed by atoms with Crippen LogP contribution in [0.1, 0.15) is 20.8 Å². The monoisotopic (exact) mass is 211 g/mol. The SMILES string of the molecule is CC(C)(C)Sc1ccccc1[N+](=O)[O-]. The standard InChI is InChI=1S/C10H13NO2S/c1-10(2,3)14-9-7-5-4-6-8(9)11(12)13/h4-7H,1-3H3. The molecule has 3 nitrogen and oxygen atoms in total. The summed E-state index contributed by atoms with van der Waals surface area (Å²) in [6.45, 7) is 6.11. The third-order valence-corrected chi connectivity index (χ3v) is 2.66. The van der Waals surface area contributed by atoms with Gasteiger partial charge in [-0.05, 0) is 6.07 Å². The predicted octanol–water partition coefficient (Wildman–Crippen LogP) is 3.49. The fourth-order valence-corrected chi connectivity index (χ4v) is 2.08. The number of benzene rings is 1. The Labute approximate surface area is 87.7 Å². The van der Waals surface area contributed by atoms with Crippen molar-refractivity contribution >= 4 is 17.4 Å². The van der Waals surface area contributed by atoms with Crippen molar-refractivity contribution in [3.8, 4) is 0 Å². The van der Waals surface area contributed by atoms with Crippen LogP contribution < -0.4 is 0 Å². The van der Waals surface area contributed by atoms with Crippen molar-refractivity contribution in [1.29, 1.82) is 0 Å². The lowest BCUT2D eigenvalue weighted by molar-refractivity contribution is -0.387. The Hall–Kier alpha value is -1.03. The first-order valence-corrected chi connectivity index (χ1v) is 5.14. The molecule has 0 fully saturated rings. The van der Waals surface area contributed by atoms with Gasteiger partial charge in [0, 0.05) is 10.8 Å². The molecule has 1 rings (SSSR count). The van der Waals surface area contributed by atoms with Gasteiger partial charge in [0.25, 0.3) is 5.69 Å². The molecular weight excluding hydrogens is 198 g/mol. The van der Waals surface area contributed by atoms with Gasteiger partial charge in [-0.15, -0.1) is 11.8 Å². The van der Waals surface area contributed by atoms with Gasteiger partial charge < -0.3 is 0 Å². The van der Waals surface area contributed by atoms with Crippen LogP contribution in [-0.2, 0) is 0 Å². The summed E-state index contributed by atoms with van der Waals surface area (Å²) in [7, 11) is 0. The Kier molecular flexibility index (Phi) is 3.16. The van der Waals surface area contributed by atoms with Gasteiger partial charge in [-0.25, -0.2) is 0 Å². The first-order valence-electron chi connectivity index (χ1n) is 4.32. The van der Waals surface area contributed by atoms with E-state index in [-0.39, 0.29) is 15.4 Å². The molecule has 0 aliphatic rings. The normalized spacial score (nSPS) is 11.4. The van der Waals surface area contributed by atoms with Crippen LogP contribution in [0.25, 0.3) is 0 Å². The molecule has 0 saturated carbocycles. The summed E-state index contributed by atoms with van der Waals surface area (Å²) in [5.74, 6) is 0. The van der Waals surface area contributed by atoms with Gasteiger partial charge in [-0.2, -0.15) is 0 Å². The van der Waals surface area contributed by atoms with Crippen LogP contribution in [0.2, 0.25) is 0 Å². The molecule has 0 saturated heterocycles. The molecule has 76 valence electrons. The molecule has 0 heterocycles. The van der Waals surface area contributed by atoms with Crippen LogP contribution in [0.15, 0.2) is 29.2 Å². The third-order valence-electron chi connectivity index (χ3n) is 1.48. The van der Waals surface area contributed by atoms with Crippen LogP contribution in [0, 0.1) is 10.1 Å². The zero-order valence-corrected chi connectivity index (χ0v) is 9.30. The molecule has 0 aliphatic heterocycles. The number of nitro benzene ring substituents is 1. The quantitative estimate of drug-likeness (QED) is 0.427. The average molecular weight is 211 g/mol. The van der Waals surface area contributed by atoms with E-state index in [1.807, 2.05) is 26.8 Å². The number of hydrogen-bond donors (Lipinski definition) is 0. The number of para-hydroxylation sites is 1. The van der Waals surface area contributed by atoms with Crippen LogP contribution in [0.4, 0.5) is 5.69 Å². The summed E-state index contributed by atoms with van der Waals surface area (Å²) in [5, 5.41) is 10.7. The highest BCUT2D eigenvalue weighted by Crippen LogP contribution is 2.37. The minimum absolute atomic E-state index is 0.00782. The minimum Gasteiger partial charge on any atom is -0.258 e. The van der Waals surface area contributed by atoms with E-state index in [0.717, 1.165) is 4.90 Å². The summed E-state index contributed by atoms with van der Waals surface area (Å²) in [4.78, 5) is 11.1. The summed E-state index contributed by atoms with van der Waals surface area (Å²) in [6, 6.07) is 6.83. The molecular formula is C10H13NO2S. The van der Waals surface area contributed by atoms with Crippen molar-refractivity contribution in [2.45, 2.75) is 30.4 Å². The zero-order valence-electron chi connectivity index (χ0n) is 8.48. The largest absolute Gasteiger partial charge is 0.282 e. The second-order valence-electron chi connectivity index (χ2n) is 3.94. The van der Waals surface area contributed by atoms with E-state index in [1.54, 1.807) is 12.1 Å². The molecule has 0 unspecified atom stereocenters. The lowest BCUT2D eigenvalue weighted by Gasteiger charge is -2.16. The fraction of sp³-hybridized carbons (Fsp3) is 0.400. The summed E-state index contributed by atoms with van der Waals surface area (Å²) < 4.78 is -0.00782. The molecule has 4 heteroatoms. The molecule has 0 aliphatic carbocycles. The van der Waals surface area contributed by atoms with E-state index in [9.17, 15) is 10.1 Å². The molecule has 0 radical (unpaired) electrons. The Balaban J connectivity index is 3.02. The Morgan fingerprint density at radius 3 is 2.36 bits per heavy atom. The fourth-order valence-electron chi connectivity index (χ4n) is 1.02. The first kappa shape index (κ1) is 11.0. The van der Waals surface area contributed by atoms with E-state index in [2.05, 4.69) is 0 Å². The predicted molar refractivity (Wildman–Crippen MR) is 58.7 cm³/mol. The van der Waals surface area contributed by atoms with E-state index in [1.165, 1.54) is 17.8 Å². The van der Waals surface area contributed by atoms with Crippen LogP contribution in [0.5, 0.6) is 0 Å². The maximum absolute atomic E-state index is 10.7. The Morgan fingerprint density at radius 2 is 1.86 bits per heavy atom. The van der Waals surface area contributed by atoms with Gasteiger partial charge >= 0.3 is 0 Å². The molecule has 0 spiro atoms. The number of thioether (sulfide) groups is 1. The lowest BCUT2D eigenvalue weighted by atomic mass is 10.3. The first-order chi connectivity index (χ1) is 6.40. The second kappa shape index (κ2) is 4.00. The molecule has 1 aromatic rings. The van der Waals surface area contributed by atoms with E-state index in [4.69, 9.17) is 0 Å². The molecule has 14 heavy (non-hydrogen) atoms. The van der Waals surface area contributed by atoms with E-state index >= 15 is 0 Å². The third kappa shape index (κ3) is 3.03.